The number of nitrogens with zero attached hydrogens (tertiary/aromatic N) is 2. The van der Waals surface area contributed by atoms with Crippen molar-refractivity contribution >= 4 is 35.2 Å². The molecule has 2 N–H and O–H groups in total. The molecule has 0 saturated heterocycles. The molecule has 1 heterocycles. The third kappa shape index (κ3) is 4.58. The molecule has 7 heteroatoms. The van der Waals surface area contributed by atoms with E-state index in [0.29, 0.717) is 10.7 Å². The summed E-state index contributed by atoms with van der Waals surface area (Å²) in [7, 11) is 0. The molecule has 0 aliphatic heterocycles. The van der Waals surface area contributed by atoms with Crippen LogP contribution in [0, 0.1) is 39.0 Å². The van der Waals surface area contributed by atoms with Gasteiger partial charge >= 0.3 is 5.97 Å². The zero-order valence-corrected chi connectivity index (χ0v) is 18.9. The number of halogens is 1. The zero-order valence-electron chi connectivity index (χ0n) is 18.2. The number of carboxylic acid groups (broad SMARTS) is 1. The average Bonchev–Trinajstić information content (AvgIpc) is 3.01. The number of carbonyl (C=O) groups is 2. The summed E-state index contributed by atoms with van der Waals surface area (Å²) in [6.07, 6.45) is 1.55. The van der Waals surface area contributed by atoms with Crippen LogP contribution in [-0.4, -0.2) is 21.6 Å². The fourth-order valence-corrected chi connectivity index (χ4v) is 3.74. The van der Waals surface area contributed by atoms with Crippen LogP contribution in [0.2, 0.25) is 5.02 Å². The number of aryl methyl sites for hydroxylation is 3. The Labute approximate surface area is 191 Å². The summed E-state index contributed by atoms with van der Waals surface area (Å²) in [5.74, 6) is -1.51. The number of nitrogens with one attached hydrogen (secondary N) is 1. The Morgan fingerprint density at radius 3 is 2.41 bits per heavy atom. The molecule has 32 heavy (non-hydrogen) atoms. The molecule has 0 bridgehead atoms. The number of carboxylic acids is 1. The van der Waals surface area contributed by atoms with Crippen LogP contribution < -0.4 is 5.32 Å². The van der Waals surface area contributed by atoms with E-state index in [-0.39, 0.29) is 11.1 Å². The van der Waals surface area contributed by atoms with Gasteiger partial charge in [-0.15, -0.1) is 0 Å². The summed E-state index contributed by atoms with van der Waals surface area (Å²) in [5, 5.41) is 22.0. The molecule has 162 valence electrons. The molecule has 0 unspecified atom stereocenters. The van der Waals surface area contributed by atoms with E-state index in [2.05, 4.69) is 5.32 Å². The molecule has 2 aromatic carbocycles. The SMILES string of the molecule is Cc1ccc(Cl)cc1NC(=O)/C(C#N)=C\c1cc(C)n(-c2ccc(C(=O)O)cc2C)c1C. The van der Waals surface area contributed by atoms with Gasteiger partial charge in [-0.3, -0.25) is 4.79 Å². The minimum atomic E-state index is -0.983. The summed E-state index contributed by atoms with van der Waals surface area (Å²) < 4.78 is 1.97. The molecule has 1 amide bonds. The number of rotatable bonds is 5. The number of hydrogen-bond donors (Lipinski definition) is 2. The molecule has 0 saturated carbocycles. The Hall–Kier alpha value is -3.82. The van der Waals surface area contributed by atoms with Gasteiger partial charge in [-0.25, -0.2) is 4.79 Å². The summed E-state index contributed by atoms with van der Waals surface area (Å²) in [6.45, 7) is 7.48. The molecule has 0 spiro atoms. The van der Waals surface area contributed by atoms with Crippen molar-refractivity contribution < 1.29 is 14.7 Å². The third-order valence-corrected chi connectivity index (χ3v) is 5.50. The van der Waals surface area contributed by atoms with Gasteiger partial charge in [-0.1, -0.05) is 17.7 Å². The van der Waals surface area contributed by atoms with Gasteiger partial charge in [0.15, 0.2) is 0 Å². The summed E-state index contributed by atoms with van der Waals surface area (Å²) in [4.78, 5) is 24.0. The Kier molecular flexibility index (Phi) is 6.52. The molecule has 0 aliphatic rings. The molecule has 0 fully saturated rings. The highest BCUT2D eigenvalue weighted by Crippen LogP contribution is 2.26. The molecule has 0 radical (unpaired) electrons. The van der Waals surface area contributed by atoms with E-state index >= 15 is 0 Å². The van der Waals surface area contributed by atoms with Crippen molar-refractivity contribution in [2.24, 2.45) is 0 Å². The number of benzene rings is 2. The van der Waals surface area contributed by atoms with Gasteiger partial charge < -0.3 is 15.0 Å². The second-order valence-electron chi connectivity index (χ2n) is 7.55. The van der Waals surface area contributed by atoms with Gasteiger partial charge in [-0.05, 0) is 86.9 Å². The number of hydrogen-bond acceptors (Lipinski definition) is 3. The van der Waals surface area contributed by atoms with Crippen molar-refractivity contribution in [3.8, 4) is 11.8 Å². The lowest BCUT2D eigenvalue weighted by atomic mass is 10.1. The molecular formula is C25H22ClN3O3. The Balaban J connectivity index is 1.98. The maximum absolute atomic E-state index is 12.7. The quantitative estimate of drug-likeness (QED) is 0.392. The first-order chi connectivity index (χ1) is 15.1. The minimum Gasteiger partial charge on any atom is -0.478 e. The van der Waals surface area contributed by atoms with Crippen LogP contribution in [0.25, 0.3) is 11.8 Å². The second-order valence-corrected chi connectivity index (χ2v) is 7.99. The normalized spacial score (nSPS) is 11.2. The number of amides is 1. The van der Waals surface area contributed by atoms with Gasteiger partial charge in [0.25, 0.3) is 5.91 Å². The van der Waals surface area contributed by atoms with Crippen LogP contribution in [0.5, 0.6) is 0 Å². The highest BCUT2D eigenvalue weighted by molar-refractivity contribution is 6.31. The number of carbonyl (C=O) groups excluding carboxylic acids is 1. The lowest BCUT2D eigenvalue weighted by Crippen LogP contribution is -2.14. The largest absolute Gasteiger partial charge is 0.478 e. The molecule has 0 atom stereocenters. The first-order valence-corrected chi connectivity index (χ1v) is 10.2. The number of aromatic nitrogens is 1. The maximum Gasteiger partial charge on any atom is 0.335 e. The Morgan fingerprint density at radius 2 is 1.78 bits per heavy atom. The van der Waals surface area contributed by atoms with Crippen molar-refractivity contribution in [3.63, 3.8) is 0 Å². The van der Waals surface area contributed by atoms with Crippen LogP contribution in [0.4, 0.5) is 5.69 Å². The zero-order chi connectivity index (χ0) is 23.6. The summed E-state index contributed by atoms with van der Waals surface area (Å²) in [6, 6.07) is 13.9. The number of anilines is 1. The van der Waals surface area contributed by atoms with Crippen LogP contribution in [0.1, 0.15) is 38.4 Å². The number of nitriles is 1. The lowest BCUT2D eigenvalue weighted by Gasteiger charge is -2.13. The highest BCUT2D eigenvalue weighted by Gasteiger charge is 2.16. The molecule has 3 aromatic rings. The van der Waals surface area contributed by atoms with Crippen LogP contribution in [-0.2, 0) is 4.79 Å². The standard InChI is InChI=1S/C25H22ClN3O3/c1-14-5-7-21(26)12-22(14)28-24(30)20(13-27)11-19-10-16(3)29(17(19)4)23-8-6-18(25(31)32)9-15(23)2/h5-12H,1-4H3,(H,28,30)(H,31,32)/b20-11-. The predicted molar refractivity (Wildman–Crippen MR) is 125 cm³/mol. The second kappa shape index (κ2) is 9.13. The maximum atomic E-state index is 12.7. The van der Waals surface area contributed by atoms with Crippen LogP contribution in [0.3, 0.4) is 0 Å². The van der Waals surface area contributed by atoms with E-state index in [0.717, 1.165) is 33.8 Å². The van der Waals surface area contributed by atoms with Crippen molar-refractivity contribution in [2.45, 2.75) is 27.7 Å². The Bertz CT molecular complexity index is 1310. The monoisotopic (exact) mass is 447 g/mol. The third-order valence-electron chi connectivity index (χ3n) is 5.27. The molecule has 6 nitrogen and oxygen atoms in total. The lowest BCUT2D eigenvalue weighted by molar-refractivity contribution is -0.112. The van der Waals surface area contributed by atoms with Crippen molar-refractivity contribution in [3.05, 3.63) is 86.7 Å². The van der Waals surface area contributed by atoms with E-state index in [4.69, 9.17) is 11.6 Å². The van der Waals surface area contributed by atoms with Gasteiger partial charge in [0.05, 0.1) is 5.56 Å². The first kappa shape index (κ1) is 22.9. The van der Waals surface area contributed by atoms with Gasteiger partial charge in [0, 0.05) is 27.8 Å². The van der Waals surface area contributed by atoms with E-state index < -0.39 is 11.9 Å². The van der Waals surface area contributed by atoms with Crippen LogP contribution in [0.15, 0.2) is 48.0 Å². The van der Waals surface area contributed by atoms with Crippen molar-refractivity contribution in [1.29, 1.82) is 5.26 Å². The van der Waals surface area contributed by atoms with Gasteiger partial charge in [0.1, 0.15) is 11.6 Å². The van der Waals surface area contributed by atoms with E-state index in [1.807, 2.05) is 44.4 Å². The first-order valence-electron chi connectivity index (χ1n) is 9.85. The summed E-state index contributed by atoms with van der Waals surface area (Å²) in [5.41, 5.74) is 5.63. The average molecular weight is 448 g/mol. The van der Waals surface area contributed by atoms with Gasteiger partial charge in [-0.2, -0.15) is 5.26 Å². The van der Waals surface area contributed by atoms with E-state index in [9.17, 15) is 20.0 Å². The molecule has 0 aliphatic carbocycles. The molecular weight excluding hydrogens is 426 g/mol. The smallest absolute Gasteiger partial charge is 0.335 e. The predicted octanol–water partition coefficient (Wildman–Crippen LogP) is 5.61. The topological polar surface area (TPSA) is 95.1 Å². The van der Waals surface area contributed by atoms with E-state index in [1.54, 1.807) is 42.5 Å². The highest BCUT2D eigenvalue weighted by atomic mass is 35.5. The van der Waals surface area contributed by atoms with Crippen molar-refractivity contribution in [2.75, 3.05) is 5.32 Å². The van der Waals surface area contributed by atoms with Crippen molar-refractivity contribution in [1.82, 2.24) is 4.57 Å². The Morgan fingerprint density at radius 1 is 1.06 bits per heavy atom. The van der Waals surface area contributed by atoms with Crippen LogP contribution >= 0.6 is 11.6 Å². The van der Waals surface area contributed by atoms with Gasteiger partial charge in [0.2, 0.25) is 0 Å². The number of aromatic carboxylic acids is 1. The molecule has 3 rings (SSSR count). The molecule has 1 aromatic heterocycles. The van der Waals surface area contributed by atoms with E-state index in [1.165, 1.54) is 0 Å². The minimum absolute atomic E-state index is 0.0393. The summed E-state index contributed by atoms with van der Waals surface area (Å²) >= 11 is 6.02. The fourth-order valence-electron chi connectivity index (χ4n) is 3.57. The fraction of sp³-hybridized carbons (Fsp3) is 0.160.